The molecule has 0 unspecified atom stereocenters. The van der Waals surface area contributed by atoms with E-state index in [0.717, 1.165) is 26.5 Å². The quantitative estimate of drug-likeness (QED) is 0.247. The Kier molecular flexibility index (Phi) is 8.67. The lowest BCUT2D eigenvalue weighted by molar-refractivity contribution is 0.611. The zero-order valence-electron chi connectivity index (χ0n) is 21.3. The van der Waals surface area contributed by atoms with Crippen LogP contribution in [-0.4, -0.2) is 12.0 Å². The Morgan fingerprint density at radius 1 is 1.19 bits per heavy atom. The third-order valence-electron chi connectivity index (χ3n) is 5.87. The van der Waals surface area contributed by atoms with Crippen LogP contribution in [0.4, 0.5) is 15.9 Å². The minimum Gasteiger partial charge on any atom is -0.399 e. The number of nitrogens with two attached hydrogens (primary N) is 1. The predicted molar refractivity (Wildman–Crippen MR) is 156 cm³/mol. The molecule has 36 heavy (non-hydrogen) atoms. The van der Waals surface area contributed by atoms with Gasteiger partial charge in [0.1, 0.15) is 11.6 Å². The highest BCUT2D eigenvalue weighted by molar-refractivity contribution is 7.16. The van der Waals surface area contributed by atoms with Crippen LogP contribution in [0.25, 0.3) is 21.6 Å². The third kappa shape index (κ3) is 5.83. The Morgan fingerprint density at radius 2 is 1.94 bits per heavy atom. The van der Waals surface area contributed by atoms with Crippen LogP contribution in [0.1, 0.15) is 35.4 Å². The van der Waals surface area contributed by atoms with E-state index in [1.165, 1.54) is 6.08 Å². The van der Waals surface area contributed by atoms with Crippen LogP contribution >= 0.6 is 11.3 Å². The number of hydrogen-bond acceptors (Lipinski definition) is 5. The minimum atomic E-state index is -0.324. The second-order valence-electron chi connectivity index (χ2n) is 8.48. The lowest BCUT2D eigenvalue weighted by Gasteiger charge is -2.17. The van der Waals surface area contributed by atoms with E-state index in [-0.39, 0.29) is 12.2 Å². The maximum Gasteiger partial charge on any atom is 0.136 e. The fourth-order valence-electron chi connectivity index (χ4n) is 3.87. The van der Waals surface area contributed by atoms with Crippen LogP contribution in [0.2, 0.25) is 0 Å². The van der Waals surface area contributed by atoms with E-state index in [1.54, 1.807) is 36.7 Å². The summed E-state index contributed by atoms with van der Waals surface area (Å²) in [6.07, 6.45) is 7.12. The molecule has 4 N–H and O–H groups in total. The van der Waals surface area contributed by atoms with Crippen molar-refractivity contribution in [2.45, 2.75) is 27.2 Å². The average molecular weight is 501 g/mol. The molecule has 3 aromatic rings. The summed E-state index contributed by atoms with van der Waals surface area (Å²) < 4.78 is 15.8. The van der Waals surface area contributed by atoms with E-state index in [4.69, 9.17) is 5.73 Å². The summed E-state index contributed by atoms with van der Waals surface area (Å²) in [4.78, 5) is 6.81. The summed E-state index contributed by atoms with van der Waals surface area (Å²) in [6, 6.07) is 9.80. The van der Waals surface area contributed by atoms with Crippen LogP contribution in [0, 0.1) is 12.7 Å². The van der Waals surface area contributed by atoms with Gasteiger partial charge in [-0.3, -0.25) is 0 Å². The van der Waals surface area contributed by atoms with E-state index >= 15 is 4.39 Å². The molecule has 0 atom stereocenters. The summed E-state index contributed by atoms with van der Waals surface area (Å²) in [5, 5.41) is 6.40. The maximum atomic E-state index is 15.8. The number of nitrogens with zero attached hydrogens (tertiary/aromatic N) is 1. The fraction of sp³-hybridized carbons (Fsp3) is 0.167. The molecule has 0 radical (unpaired) electrons. The van der Waals surface area contributed by atoms with Crippen LogP contribution in [-0.2, 0) is 6.42 Å². The number of hydrogen-bond donors (Lipinski definition) is 3. The van der Waals surface area contributed by atoms with Gasteiger partial charge in [0.15, 0.2) is 0 Å². The van der Waals surface area contributed by atoms with Gasteiger partial charge in [-0.25, -0.2) is 9.37 Å². The van der Waals surface area contributed by atoms with Crippen molar-refractivity contribution in [1.82, 2.24) is 4.98 Å². The van der Waals surface area contributed by atoms with Crippen molar-refractivity contribution >= 4 is 34.0 Å². The average Bonchev–Trinajstić information content (AvgIpc) is 3.35. The molecule has 0 amide bonds. The highest BCUT2D eigenvalue weighted by Gasteiger charge is 2.17. The van der Waals surface area contributed by atoms with Gasteiger partial charge in [0.2, 0.25) is 0 Å². The van der Waals surface area contributed by atoms with E-state index in [1.807, 2.05) is 39.0 Å². The van der Waals surface area contributed by atoms with Crippen molar-refractivity contribution in [3.8, 4) is 10.4 Å². The van der Waals surface area contributed by atoms with Gasteiger partial charge < -0.3 is 16.4 Å². The van der Waals surface area contributed by atoms with Crippen LogP contribution in [0.5, 0.6) is 0 Å². The summed E-state index contributed by atoms with van der Waals surface area (Å²) in [6.45, 7) is 17.8. The predicted octanol–water partition coefficient (Wildman–Crippen LogP) is 7.93. The van der Waals surface area contributed by atoms with Gasteiger partial charge in [0.05, 0.1) is 0 Å². The molecule has 4 nitrogen and oxygen atoms in total. The normalized spacial score (nSPS) is 11.8. The van der Waals surface area contributed by atoms with Crippen molar-refractivity contribution in [2.24, 2.45) is 5.73 Å². The zero-order valence-corrected chi connectivity index (χ0v) is 22.2. The Balaban J connectivity index is 1.91. The minimum absolute atomic E-state index is 0.275. The summed E-state index contributed by atoms with van der Waals surface area (Å²) in [5.74, 6) is 0.372. The first-order valence-electron chi connectivity index (χ1n) is 11.6. The fourth-order valence-corrected chi connectivity index (χ4v) is 4.89. The molecule has 0 aliphatic rings. The number of benzene rings is 1. The van der Waals surface area contributed by atoms with Gasteiger partial charge in [-0.1, -0.05) is 25.8 Å². The van der Waals surface area contributed by atoms with Crippen molar-refractivity contribution in [3.05, 3.63) is 113 Å². The lowest BCUT2D eigenvalue weighted by Crippen LogP contribution is -2.09. The van der Waals surface area contributed by atoms with Crippen molar-refractivity contribution < 1.29 is 4.39 Å². The molecule has 0 saturated carbocycles. The molecule has 0 bridgehead atoms. The van der Waals surface area contributed by atoms with Gasteiger partial charge in [0.25, 0.3) is 0 Å². The van der Waals surface area contributed by atoms with Crippen molar-refractivity contribution in [3.63, 3.8) is 0 Å². The highest BCUT2D eigenvalue weighted by atomic mass is 32.1. The third-order valence-corrected chi connectivity index (χ3v) is 7.15. The van der Waals surface area contributed by atoms with Crippen LogP contribution in [0.15, 0.2) is 85.9 Å². The van der Waals surface area contributed by atoms with Crippen molar-refractivity contribution in [1.29, 1.82) is 0 Å². The molecule has 0 saturated heterocycles. The maximum absolute atomic E-state index is 15.8. The lowest BCUT2D eigenvalue weighted by atomic mass is 9.97. The molecule has 2 heterocycles. The number of thiophene rings is 1. The molecular formula is C30H33FN4S. The summed E-state index contributed by atoms with van der Waals surface area (Å²) in [5.41, 5.74) is 12.5. The molecule has 1 aromatic carbocycles. The molecule has 0 aliphatic heterocycles. The van der Waals surface area contributed by atoms with E-state index < -0.39 is 0 Å². The number of anilines is 2. The number of rotatable bonds is 10. The first-order chi connectivity index (χ1) is 17.2. The SMILES string of the molecule is C=C/C(N)=C\C(=C/C)c1ccc(NC)c(CC(=C)Nc2nccc(-c3ccc(C(=C)C)s3)c2C)c1F. The monoisotopic (exact) mass is 500 g/mol. The second kappa shape index (κ2) is 11.7. The van der Waals surface area contributed by atoms with Crippen molar-refractivity contribution in [2.75, 3.05) is 17.7 Å². The first kappa shape index (κ1) is 26.7. The van der Waals surface area contributed by atoms with Crippen LogP contribution in [0.3, 0.4) is 0 Å². The van der Waals surface area contributed by atoms with Gasteiger partial charge in [-0.15, -0.1) is 11.3 Å². The van der Waals surface area contributed by atoms with Gasteiger partial charge in [-0.2, -0.15) is 0 Å². The van der Waals surface area contributed by atoms with Crippen LogP contribution < -0.4 is 16.4 Å². The zero-order chi connectivity index (χ0) is 26.4. The number of aromatic nitrogens is 1. The van der Waals surface area contributed by atoms with Gasteiger partial charge in [-0.05, 0) is 80.0 Å². The Labute approximate surface area is 217 Å². The largest absolute Gasteiger partial charge is 0.399 e. The molecule has 0 spiro atoms. The Hall–Kier alpha value is -3.90. The first-order valence-corrected chi connectivity index (χ1v) is 12.4. The molecule has 186 valence electrons. The standard InChI is InChI=1S/C30H33FN4S/c1-8-21(17-22(32)9-2)24-10-11-26(33-7)25(29(24)31)16-19(5)35-30-20(6)23(14-15-34-30)28-13-12-27(36-28)18(3)4/h8-15,17,33H,2-3,5,16,32H2,1,4,6-7H3,(H,34,35)/b21-8+,22-17+. The topological polar surface area (TPSA) is 63.0 Å². The van der Waals surface area contributed by atoms with E-state index in [0.29, 0.717) is 39.6 Å². The van der Waals surface area contributed by atoms with E-state index in [9.17, 15) is 0 Å². The van der Waals surface area contributed by atoms with Gasteiger partial charge in [0, 0.05) is 63.2 Å². The number of halogens is 1. The summed E-state index contributed by atoms with van der Waals surface area (Å²) >= 11 is 1.70. The van der Waals surface area contributed by atoms with Gasteiger partial charge >= 0.3 is 0 Å². The highest BCUT2D eigenvalue weighted by Crippen LogP contribution is 2.35. The number of allylic oxidation sites excluding steroid dienone is 6. The Bertz CT molecular complexity index is 1380. The smallest absolute Gasteiger partial charge is 0.136 e. The number of pyridine rings is 1. The second-order valence-corrected chi connectivity index (χ2v) is 9.56. The summed E-state index contributed by atoms with van der Waals surface area (Å²) in [7, 11) is 1.77. The molecule has 3 rings (SSSR count). The molecule has 2 aromatic heterocycles. The molecule has 6 heteroatoms. The molecule has 0 aliphatic carbocycles. The molecular weight excluding hydrogens is 467 g/mol. The Morgan fingerprint density at radius 3 is 2.56 bits per heavy atom. The number of nitrogens with one attached hydrogen (secondary N) is 2. The van der Waals surface area contributed by atoms with E-state index in [2.05, 4.69) is 47.5 Å². The molecule has 0 fully saturated rings.